The first-order valence-corrected chi connectivity index (χ1v) is 4.16. The minimum atomic E-state index is 0.249. The van der Waals surface area contributed by atoms with E-state index in [2.05, 4.69) is 6.92 Å². The first-order chi connectivity index (χ1) is 4.83. The van der Waals surface area contributed by atoms with E-state index in [4.69, 9.17) is 10.5 Å². The van der Waals surface area contributed by atoms with Crippen LogP contribution in [0.15, 0.2) is 0 Å². The molecule has 0 heterocycles. The molecular formula is C8H17NO. The predicted molar refractivity (Wildman–Crippen MR) is 41.8 cm³/mol. The largest absolute Gasteiger partial charge is 0.380 e. The van der Waals surface area contributed by atoms with Gasteiger partial charge in [0.25, 0.3) is 0 Å². The SMILES string of the molecule is CC[C@@H](N)COCC1CC1. The van der Waals surface area contributed by atoms with E-state index in [-0.39, 0.29) is 6.04 Å². The number of hydrogen-bond acceptors (Lipinski definition) is 2. The summed E-state index contributed by atoms with van der Waals surface area (Å²) in [4.78, 5) is 0. The van der Waals surface area contributed by atoms with Crippen molar-refractivity contribution in [1.29, 1.82) is 0 Å². The Morgan fingerprint density at radius 1 is 1.60 bits per heavy atom. The third-order valence-electron chi connectivity index (χ3n) is 1.91. The fourth-order valence-corrected chi connectivity index (χ4v) is 0.788. The zero-order valence-corrected chi connectivity index (χ0v) is 6.68. The predicted octanol–water partition coefficient (Wildman–Crippen LogP) is 1.15. The van der Waals surface area contributed by atoms with E-state index in [1.165, 1.54) is 12.8 Å². The molecule has 0 aromatic carbocycles. The molecule has 0 saturated heterocycles. The molecule has 0 radical (unpaired) electrons. The highest BCUT2D eigenvalue weighted by Crippen LogP contribution is 2.28. The molecular weight excluding hydrogens is 126 g/mol. The third kappa shape index (κ3) is 3.18. The van der Waals surface area contributed by atoms with E-state index in [0.29, 0.717) is 0 Å². The fourth-order valence-electron chi connectivity index (χ4n) is 0.788. The zero-order chi connectivity index (χ0) is 7.40. The molecule has 2 N–H and O–H groups in total. The molecule has 0 spiro atoms. The Kier molecular flexibility index (Phi) is 3.16. The van der Waals surface area contributed by atoms with Gasteiger partial charge in [0, 0.05) is 12.6 Å². The molecule has 0 aliphatic heterocycles. The molecule has 1 fully saturated rings. The van der Waals surface area contributed by atoms with Gasteiger partial charge in [-0.2, -0.15) is 0 Å². The van der Waals surface area contributed by atoms with Gasteiger partial charge in [-0.15, -0.1) is 0 Å². The Morgan fingerprint density at radius 2 is 2.30 bits per heavy atom. The Morgan fingerprint density at radius 3 is 2.80 bits per heavy atom. The van der Waals surface area contributed by atoms with Gasteiger partial charge >= 0.3 is 0 Å². The van der Waals surface area contributed by atoms with E-state index in [1.807, 2.05) is 0 Å². The van der Waals surface area contributed by atoms with E-state index >= 15 is 0 Å². The number of nitrogens with two attached hydrogens (primary N) is 1. The van der Waals surface area contributed by atoms with Crippen LogP contribution in [0.1, 0.15) is 26.2 Å². The van der Waals surface area contributed by atoms with Gasteiger partial charge in [-0.3, -0.25) is 0 Å². The molecule has 1 saturated carbocycles. The van der Waals surface area contributed by atoms with E-state index in [0.717, 1.165) is 25.6 Å². The van der Waals surface area contributed by atoms with E-state index in [1.54, 1.807) is 0 Å². The summed E-state index contributed by atoms with van der Waals surface area (Å²) in [6.07, 6.45) is 3.74. The lowest BCUT2D eigenvalue weighted by molar-refractivity contribution is 0.111. The summed E-state index contributed by atoms with van der Waals surface area (Å²) in [7, 11) is 0. The third-order valence-corrected chi connectivity index (χ3v) is 1.91. The first kappa shape index (κ1) is 8.02. The van der Waals surface area contributed by atoms with Crippen LogP contribution in [-0.2, 0) is 4.74 Å². The molecule has 0 aromatic rings. The maximum Gasteiger partial charge on any atom is 0.0617 e. The van der Waals surface area contributed by atoms with Crippen molar-refractivity contribution in [3.05, 3.63) is 0 Å². The van der Waals surface area contributed by atoms with Crippen molar-refractivity contribution in [2.75, 3.05) is 13.2 Å². The van der Waals surface area contributed by atoms with Gasteiger partial charge in [0.1, 0.15) is 0 Å². The van der Waals surface area contributed by atoms with Crippen molar-refractivity contribution in [3.63, 3.8) is 0 Å². The average Bonchev–Trinajstić information content (AvgIpc) is 2.71. The Bertz CT molecular complexity index is 91.3. The maximum absolute atomic E-state index is 5.65. The van der Waals surface area contributed by atoms with Crippen molar-refractivity contribution in [2.24, 2.45) is 11.7 Å². The monoisotopic (exact) mass is 143 g/mol. The molecule has 0 unspecified atom stereocenters. The van der Waals surface area contributed by atoms with E-state index < -0.39 is 0 Å². The maximum atomic E-state index is 5.65. The summed E-state index contributed by atoms with van der Waals surface area (Å²) in [6.45, 7) is 3.77. The van der Waals surface area contributed by atoms with Gasteiger partial charge in [-0.25, -0.2) is 0 Å². The Hall–Kier alpha value is -0.0800. The highest BCUT2D eigenvalue weighted by molar-refractivity contribution is 4.72. The second-order valence-corrected chi connectivity index (χ2v) is 3.15. The molecule has 60 valence electrons. The van der Waals surface area contributed by atoms with Gasteiger partial charge in [-0.1, -0.05) is 6.92 Å². The molecule has 2 heteroatoms. The molecule has 0 aromatic heterocycles. The zero-order valence-electron chi connectivity index (χ0n) is 6.68. The van der Waals surface area contributed by atoms with Crippen LogP contribution in [0.3, 0.4) is 0 Å². The van der Waals surface area contributed by atoms with Gasteiger partial charge in [0.2, 0.25) is 0 Å². The smallest absolute Gasteiger partial charge is 0.0617 e. The van der Waals surface area contributed by atoms with Crippen molar-refractivity contribution >= 4 is 0 Å². The van der Waals surface area contributed by atoms with Gasteiger partial charge in [0.15, 0.2) is 0 Å². The van der Waals surface area contributed by atoms with Gasteiger partial charge < -0.3 is 10.5 Å². The molecule has 0 bridgehead atoms. The van der Waals surface area contributed by atoms with Gasteiger partial charge in [-0.05, 0) is 25.2 Å². The Labute approximate surface area is 62.7 Å². The standard InChI is InChI=1S/C8H17NO/c1-2-8(9)6-10-5-7-3-4-7/h7-8H,2-6,9H2,1H3/t8-/m1/s1. The number of ether oxygens (including phenoxy) is 1. The Balaban J connectivity index is 1.83. The average molecular weight is 143 g/mol. The number of rotatable bonds is 5. The lowest BCUT2D eigenvalue weighted by Crippen LogP contribution is -2.25. The fraction of sp³-hybridized carbons (Fsp3) is 1.00. The summed E-state index contributed by atoms with van der Waals surface area (Å²) < 4.78 is 5.39. The van der Waals surface area contributed by atoms with Crippen molar-refractivity contribution in [3.8, 4) is 0 Å². The van der Waals surface area contributed by atoms with Crippen LogP contribution in [0.5, 0.6) is 0 Å². The summed E-state index contributed by atoms with van der Waals surface area (Å²) >= 11 is 0. The van der Waals surface area contributed by atoms with Crippen molar-refractivity contribution in [1.82, 2.24) is 0 Å². The summed E-state index contributed by atoms with van der Waals surface area (Å²) in [6, 6.07) is 0.249. The van der Waals surface area contributed by atoms with Crippen LogP contribution in [-0.4, -0.2) is 19.3 Å². The first-order valence-electron chi connectivity index (χ1n) is 4.16. The lowest BCUT2D eigenvalue weighted by Gasteiger charge is -2.08. The second-order valence-electron chi connectivity index (χ2n) is 3.15. The number of hydrogen-bond donors (Lipinski definition) is 1. The van der Waals surface area contributed by atoms with Gasteiger partial charge in [0.05, 0.1) is 6.61 Å². The molecule has 0 amide bonds. The molecule has 1 rings (SSSR count). The van der Waals surface area contributed by atoms with Crippen LogP contribution in [0.2, 0.25) is 0 Å². The highest BCUT2D eigenvalue weighted by atomic mass is 16.5. The molecule has 1 atom stereocenters. The van der Waals surface area contributed by atoms with Crippen LogP contribution in [0.25, 0.3) is 0 Å². The molecule has 1 aliphatic carbocycles. The van der Waals surface area contributed by atoms with Crippen LogP contribution in [0, 0.1) is 5.92 Å². The molecule has 2 nitrogen and oxygen atoms in total. The summed E-state index contributed by atoms with van der Waals surface area (Å²) in [5.41, 5.74) is 5.65. The molecule has 1 aliphatic rings. The summed E-state index contributed by atoms with van der Waals surface area (Å²) in [5, 5.41) is 0. The minimum absolute atomic E-state index is 0.249. The second kappa shape index (κ2) is 3.94. The quantitative estimate of drug-likeness (QED) is 0.626. The highest BCUT2D eigenvalue weighted by Gasteiger charge is 2.21. The van der Waals surface area contributed by atoms with Crippen LogP contribution < -0.4 is 5.73 Å². The van der Waals surface area contributed by atoms with Crippen LogP contribution >= 0.6 is 0 Å². The normalized spacial score (nSPS) is 21.0. The summed E-state index contributed by atoms with van der Waals surface area (Å²) in [5.74, 6) is 0.865. The topological polar surface area (TPSA) is 35.2 Å². The van der Waals surface area contributed by atoms with Crippen molar-refractivity contribution in [2.45, 2.75) is 32.2 Å². The van der Waals surface area contributed by atoms with Crippen molar-refractivity contribution < 1.29 is 4.74 Å². The van der Waals surface area contributed by atoms with E-state index in [9.17, 15) is 0 Å². The lowest BCUT2D eigenvalue weighted by atomic mass is 10.3. The van der Waals surface area contributed by atoms with Crippen LogP contribution in [0.4, 0.5) is 0 Å². The minimum Gasteiger partial charge on any atom is -0.380 e. The molecule has 10 heavy (non-hydrogen) atoms.